The molecule has 3 rings (SSSR count). The number of carbonyl (C=O) groups is 2. The first-order chi connectivity index (χ1) is 14.0. The number of benzene rings is 1. The molecule has 2 atom stereocenters. The number of rotatable bonds is 7. The smallest absolute Gasteiger partial charge is 0.315 e. The molecule has 0 spiro atoms. The molecule has 0 amide bonds. The second-order valence-electron chi connectivity index (χ2n) is 7.57. The zero-order valence-electron chi connectivity index (χ0n) is 18.0. The summed E-state index contributed by atoms with van der Waals surface area (Å²) in [5.74, 6) is -0.997. The molecule has 0 radical (unpaired) electrons. The van der Waals surface area contributed by atoms with E-state index in [2.05, 4.69) is 43.0 Å². The lowest BCUT2D eigenvalue weighted by molar-refractivity contribution is -0.146. The average molecular weight is 397 g/mol. The number of carbonyl (C=O) groups excluding carboxylic acids is 2. The fourth-order valence-electron chi connectivity index (χ4n) is 4.56. The Morgan fingerprint density at radius 1 is 1.10 bits per heavy atom. The third-order valence-corrected chi connectivity index (χ3v) is 5.99. The predicted molar refractivity (Wildman–Crippen MR) is 116 cm³/mol. The van der Waals surface area contributed by atoms with Gasteiger partial charge < -0.3 is 9.64 Å². The maximum absolute atomic E-state index is 13.0. The molecular weight excluding hydrogens is 364 g/mol. The van der Waals surface area contributed by atoms with Crippen molar-refractivity contribution < 1.29 is 14.3 Å². The maximum Gasteiger partial charge on any atom is 0.315 e. The summed E-state index contributed by atoms with van der Waals surface area (Å²) in [5.41, 5.74) is 4.56. The van der Waals surface area contributed by atoms with E-state index in [0.717, 1.165) is 54.2 Å². The number of Topliss-reactive ketones (excluding diaryl/α,β-unsaturated/α-hetero) is 1. The zero-order chi connectivity index (χ0) is 21.0. The van der Waals surface area contributed by atoms with E-state index in [1.807, 2.05) is 13.8 Å². The van der Waals surface area contributed by atoms with Crippen LogP contribution in [-0.2, 0) is 14.3 Å². The maximum atomic E-state index is 13.0. The molecule has 0 fully saturated rings. The van der Waals surface area contributed by atoms with E-state index in [0.29, 0.717) is 19.4 Å². The van der Waals surface area contributed by atoms with Crippen LogP contribution < -0.4 is 4.90 Å². The Kier molecular flexibility index (Phi) is 6.88. The summed E-state index contributed by atoms with van der Waals surface area (Å²) in [5, 5.41) is 0. The zero-order valence-corrected chi connectivity index (χ0v) is 18.0. The quantitative estimate of drug-likeness (QED) is 0.629. The molecule has 5 nitrogen and oxygen atoms in total. The van der Waals surface area contributed by atoms with Gasteiger partial charge in [0.2, 0.25) is 0 Å². The molecule has 1 aromatic rings. The van der Waals surface area contributed by atoms with Gasteiger partial charge >= 0.3 is 5.97 Å². The van der Waals surface area contributed by atoms with E-state index in [-0.39, 0.29) is 17.7 Å². The van der Waals surface area contributed by atoms with Crippen LogP contribution in [0, 0.1) is 5.92 Å². The lowest BCUT2D eigenvalue weighted by Crippen LogP contribution is -2.38. The minimum Gasteiger partial charge on any atom is -0.465 e. The highest BCUT2D eigenvalue weighted by molar-refractivity contribution is 6.09. The van der Waals surface area contributed by atoms with E-state index in [4.69, 9.17) is 9.73 Å². The molecule has 0 saturated carbocycles. The van der Waals surface area contributed by atoms with Gasteiger partial charge in [-0.1, -0.05) is 19.1 Å². The van der Waals surface area contributed by atoms with Gasteiger partial charge in [0.15, 0.2) is 5.78 Å². The highest BCUT2D eigenvalue weighted by atomic mass is 16.5. The number of nitrogens with zero attached hydrogens (tertiary/aromatic N) is 2. The van der Waals surface area contributed by atoms with Gasteiger partial charge in [0.05, 0.1) is 6.61 Å². The second kappa shape index (κ2) is 9.38. The third-order valence-electron chi connectivity index (χ3n) is 5.99. The molecule has 1 aliphatic heterocycles. The summed E-state index contributed by atoms with van der Waals surface area (Å²) >= 11 is 0. The SMILES string of the molecule is CCOC(=O)C1C(CC)=NC2=C(C(=O)CCC2)[C@@H]1c1ccc(N(CC)CC)cc1. The molecule has 0 bridgehead atoms. The van der Waals surface area contributed by atoms with E-state index in [1.54, 1.807) is 0 Å². The number of ketones is 1. The number of anilines is 1. The van der Waals surface area contributed by atoms with Gasteiger partial charge in [0.1, 0.15) is 5.92 Å². The summed E-state index contributed by atoms with van der Waals surface area (Å²) in [7, 11) is 0. The largest absolute Gasteiger partial charge is 0.465 e. The highest BCUT2D eigenvalue weighted by Crippen LogP contribution is 2.44. The van der Waals surface area contributed by atoms with Crippen molar-refractivity contribution in [2.75, 3.05) is 24.6 Å². The normalized spacial score (nSPS) is 21.5. The van der Waals surface area contributed by atoms with Crippen LogP contribution in [0.3, 0.4) is 0 Å². The van der Waals surface area contributed by atoms with Crippen LogP contribution >= 0.6 is 0 Å². The van der Waals surface area contributed by atoms with Crippen LogP contribution in [0.25, 0.3) is 0 Å². The molecule has 1 aromatic carbocycles. The molecule has 29 heavy (non-hydrogen) atoms. The lowest BCUT2D eigenvalue weighted by atomic mass is 9.71. The Labute approximate surface area is 173 Å². The Morgan fingerprint density at radius 2 is 1.79 bits per heavy atom. The molecule has 0 N–H and O–H groups in total. The van der Waals surface area contributed by atoms with Crippen molar-refractivity contribution in [1.29, 1.82) is 0 Å². The van der Waals surface area contributed by atoms with Gasteiger partial charge in [-0.05, 0) is 57.7 Å². The molecule has 5 heteroatoms. The second-order valence-corrected chi connectivity index (χ2v) is 7.57. The Balaban J connectivity index is 2.09. The van der Waals surface area contributed by atoms with E-state index >= 15 is 0 Å². The Hall–Kier alpha value is -2.43. The summed E-state index contributed by atoms with van der Waals surface area (Å²) in [6.07, 6.45) is 2.83. The van der Waals surface area contributed by atoms with Crippen LogP contribution in [0.15, 0.2) is 40.5 Å². The fraction of sp³-hybridized carbons (Fsp3) is 0.542. The number of allylic oxidation sites excluding steroid dienone is 2. The summed E-state index contributed by atoms with van der Waals surface area (Å²) < 4.78 is 5.42. The Morgan fingerprint density at radius 3 is 2.38 bits per heavy atom. The van der Waals surface area contributed by atoms with Crippen molar-refractivity contribution in [2.24, 2.45) is 10.9 Å². The van der Waals surface area contributed by atoms with Crippen molar-refractivity contribution >= 4 is 23.2 Å². The molecular formula is C24H32N2O3. The van der Waals surface area contributed by atoms with Crippen LogP contribution in [0.1, 0.15) is 64.9 Å². The number of ether oxygens (including phenoxy) is 1. The Bertz CT molecular complexity index is 819. The average Bonchev–Trinajstić information content (AvgIpc) is 2.74. The topological polar surface area (TPSA) is 59.0 Å². The van der Waals surface area contributed by atoms with Gasteiger partial charge in [-0.3, -0.25) is 14.6 Å². The van der Waals surface area contributed by atoms with Crippen LogP contribution in [-0.4, -0.2) is 37.2 Å². The molecule has 156 valence electrons. The first kappa shape index (κ1) is 21.3. The van der Waals surface area contributed by atoms with Gasteiger partial charge in [0, 0.05) is 48.1 Å². The van der Waals surface area contributed by atoms with Crippen molar-refractivity contribution in [1.82, 2.24) is 0 Å². The van der Waals surface area contributed by atoms with E-state index in [9.17, 15) is 9.59 Å². The summed E-state index contributed by atoms with van der Waals surface area (Å²) in [6.45, 7) is 10.3. The van der Waals surface area contributed by atoms with Crippen molar-refractivity contribution in [3.8, 4) is 0 Å². The van der Waals surface area contributed by atoms with E-state index in [1.165, 1.54) is 0 Å². The van der Waals surface area contributed by atoms with Gasteiger partial charge in [-0.15, -0.1) is 0 Å². The minimum atomic E-state index is -0.528. The summed E-state index contributed by atoms with van der Waals surface area (Å²) in [6, 6.07) is 8.32. The van der Waals surface area contributed by atoms with Gasteiger partial charge in [-0.2, -0.15) is 0 Å². The molecule has 1 aliphatic carbocycles. The number of hydrogen-bond donors (Lipinski definition) is 0. The third kappa shape index (κ3) is 4.14. The molecule has 1 unspecified atom stereocenters. The van der Waals surface area contributed by atoms with Gasteiger partial charge in [-0.25, -0.2) is 0 Å². The van der Waals surface area contributed by atoms with Gasteiger partial charge in [0.25, 0.3) is 0 Å². The number of aliphatic imine (C=N–C) groups is 1. The van der Waals surface area contributed by atoms with E-state index < -0.39 is 5.92 Å². The van der Waals surface area contributed by atoms with Crippen molar-refractivity contribution in [3.05, 3.63) is 41.1 Å². The van der Waals surface area contributed by atoms with Crippen LogP contribution in [0.5, 0.6) is 0 Å². The summed E-state index contributed by atoms with van der Waals surface area (Å²) in [4.78, 5) is 32.9. The molecule has 1 heterocycles. The molecule has 2 aliphatic rings. The molecule has 0 saturated heterocycles. The van der Waals surface area contributed by atoms with Crippen LogP contribution in [0.2, 0.25) is 0 Å². The number of esters is 1. The standard InChI is InChI=1S/C24H32N2O3/c1-5-18-23(24(28)29-8-4)21(22-19(25-18)10-9-11-20(22)27)16-12-14-17(15-13-16)26(6-2)7-3/h12-15,21,23H,5-11H2,1-4H3/t21-,23?/m0/s1. The first-order valence-corrected chi connectivity index (χ1v) is 10.9. The number of hydrogen-bond acceptors (Lipinski definition) is 5. The monoisotopic (exact) mass is 396 g/mol. The molecule has 0 aromatic heterocycles. The minimum absolute atomic E-state index is 0.122. The lowest BCUT2D eigenvalue weighted by Gasteiger charge is -2.35. The first-order valence-electron chi connectivity index (χ1n) is 10.9. The van der Waals surface area contributed by atoms with Crippen molar-refractivity contribution in [3.63, 3.8) is 0 Å². The van der Waals surface area contributed by atoms with Crippen LogP contribution in [0.4, 0.5) is 5.69 Å². The van der Waals surface area contributed by atoms with Crippen molar-refractivity contribution in [2.45, 2.75) is 59.3 Å². The highest BCUT2D eigenvalue weighted by Gasteiger charge is 2.43. The predicted octanol–water partition coefficient (Wildman–Crippen LogP) is 4.67. The fourth-order valence-corrected chi connectivity index (χ4v) is 4.56.